The highest BCUT2D eigenvalue weighted by molar-refractivity contribution is 9.10. The van der Waals surface area contributed by atoms with E-state index in [-0.39, 0.29) is 0 Å². The maximum absolute atomic E-state index is 4.16. The molecule has 0 N–H and O–H groups in total. The number of halogens is 1. The number of nitrogens with zero attached hydrogens (tertiary/aromatic N) is 2. The minimum absolute atomic E-state index is 1.09. The number of benzene rings is 1. The van der Waals surface area contributed by atoms with Crippen molar-refractivity contribution in [3.05, 3.63) is 83.2 Å². The van der Waals surface area contributed by atoms with E-state index in [9.17, 15) is 0 Å². The van der Waals surface area contributed by atoms with Crippen molar-refractivity contribution in [3.63, 3.8) is 0 Å². The molecule has 0 atom stereocenters. The smallest absolute Gasteiger partial charge is 0.0427 e. The summed E-state index contributed by atoms with van der Waals surface area (Å²) in [5.41, 5.74) is 6.05. The number of aromatic nitrogens is 2. The molecule has 0 spiro atoms. The fourth-order valence-corrected chi connectivity index (χ4v) is 4.09. The van der Waals surface area contributed by atoms with Crippen molar-refractivity contribution in [1.29, 1.82) is 0 Å². The van der Waals surface area contributed by atoms with Gasteiger partial charge in [0.2, 0.25) is 0 Å². The summed E-state index contributed by atoms with van der Waals surface area (Å²) in [5.74, 6) is 0. The Bertz CT molecular complexity index is 948. The average molecular weight is 393 g/mol. The van der Waals surface area contributed by atoms with E-state index in [0.29, 0.717) is 0 Å². The minimum Gasteiger partial charge on any atom is -0.265 e. The normalized spacial score (nSPS) is 10.7. The predicted octanol–water partition coefficient (Wildman–Crippen LogP) is 6.30. The van der Waals surface area contributed by atoms with Crippen LogP contribution in [-0.4, -0.2) is 9.97 Å². The lowest BCUT2D eigenvalue weighted by Crippen LogP contribution is -1.85. The zero-order valence-electron chi connectivity index (χ0n) is 12.7. The molecule has 116 valence electrons. The second-order valence-corrected chi connectivity index (χ2v) is 7.13. The largest absolute Gasteiger partial charge is 0.265 e. The SMILES string of the molecule is Brc1ccc(-c2scc(-c3ccncc3)c2-c2ccncc2)cc1. The Morgan fingerprint density at radius 3 is 1.88 bits per heavy atom. The van der Waals surface area contributed by atoms with Gasteiger partial charge in [0, 0.05) is 45.3 Å². The molecule has 0 saturated heterocycles. The van der Waals surface area contributed by atoms with E-state index in [1.54, 1.807) is 11.3 Å². The molecule has 4 heteroatoms. The lowest BCUT2D eigenvalue weighted by molar-refractivity contribution is 1.33. The molecule has 0 fully saturated rings. The summed E-state index contributed by atoms with van der Waals surface area (Å²) in [6.07, 6.45) is 7.36. The van der Waals surface area contributed by atoms with Gasteiger partial charge in [0.15, 0.2) is 0 Å². The molecule has 0 unspecified atom stereocenters. The maximum Gasteiger partial charge on any atom is 0.0427 e. The monoisotopic (exact) mass is 392 g/mol. The molecule has 0 amide bonds. The van der Waals surface area contributed by atoms with Crippen LogP contribution in [0.15, 0.2) is 83.2 Å². The van der Waals surface area contributed by atoms with Crippen molar-refractivity contribution in [1.82, 2.24) is 9.97 Å². The first-order chi connectivity index (χ1) is 11.8. The first kappa shape index (κ1) is 15.2. The number of pyridine rings is 2. The molecule has 3 heterocycles. The second kappa shape index (κ2) is 6.67. The maximum atomic E-state index is 4.16. The highest BCUT2D eigenvalue weighted by atomic mass is 79.9. The van der Waals surface area contributed by atoms with Crippen LogP contribution in [0.5, 0.6) is 0 Å². The van der Waals surface area contributed by atoms with Crippen LogP contribution in [0.3, 0.4) is 0 Å². The molecule has 0 aliphatic carbocycles. The van der Waals surface area contributed by atoms with Gasteiger partial charge in [-0.3, -0.25) is 9.97 Å². The standard InChI is InChI=1S/C20H13BrN2S/c21-17-3-1-16(2-4-17)20-19(15-7-11-23-12-8-15)18(13-24-20)14-5-9-22-10-6-14/h1-13H. The number of rotatable bonds is 3. The van der Waals surface area contributed by atoms with E-state index in [0.717, 1.165) is 4.47 Å². The highest BCUT2D eigenvalue weighted by Crippen LogP contribution is 2.44. The van der Waals surface area contributed by atoms with Crippen LogP contribution in [0.25, 0.3) is 32.7 Å². The van der Waals surface area contributed by atoms with Gasteiger partial charge in [-0.2, -0.15) is 0 Å². The van der Waals surface area contributed by atoms with Gasteiger partial charge in [-0.1, -0.05) is 28.1 Å². The second-order valence-electron chi connectivity index (χ2n) is 5.33. The molecule has 4 rings (SSSR count). The van der Waals surface area contributed by atoms with Crippen LogP contribution >= 0.6 is 27.3 Å². The van der Waals surface area contributed by atoms with Crippen molar-refractivity contribution in [2.24, 2.45) is 0 Å². The Morgan fingerprint density at radius 2 is 1.25 bits per heavy atom. The molecule has 3 aromatic heterocycles. The van der Waals surface area contributed by atoms with Crippen molar-refractivity contribution >= 4 is 27.3 Å². The van der Waals surface area contributed by atoms with E-state index < -0.39 is 0 Å². The van der Waals surface area contributed by atoms with E-state index in [2.05, 4.69) is 79.8 Å². The Balaban J connectivity index is 1.95. The molecule has 0 bridgehead atoms. The number of hydrogen-bond donors (Lipinski definition) is 0. The fourth-order valence-electron chi connectivity index (χ4n) is 2.72. The van der Waals surface area contributed by atoms with Gasteiger partial charge in [0.1, 0.15) is 0 Å². The fraction of sp³-hybridized carbons (Fsp3) is 0. The number of hydrogen-bond acceptors (Lipinski definition) is 3. The van der Waals surface area contributed by atoms with Crippen LogP contribution in [0.1, 0.15) is 0 Å². The Labute approximate surface area is 153 Å². The van der Waals surface area contributed by atoms with E-state index in [1.165, 1.54) is 32.7 Å². The van der Waals surface area contributed by atoms with Crippen molar-refractivity contribution in [2.75, 3.05) is 0 Å². The summed E-state index contributed by atoms with van der Waals surface area (Å²) in [5, 5.41) is 2.22. The Kier molecular flexibility index (Phi) is 4.24. The quantitative estimate of drug-likeness (QED) is 0.408. The summed E-state index contributed by atoms with van der Waals surface area (Å²) in [6, 6.07) is 16.7. The van der Waals surface area contributed by atoms with Gasteiger partial charge >= 0.3 is 0 Å². The number of thiophene rings is 1. The van der Waals surface area contributed by atoms with Crippen LogP contribution in [0.4, 0.5) is 0 Å². The third-order valence-electron chi connectivity index (χ3n) is 3.86. The van der Waals surface area contributed by atoms with Crippen LogP contribution < -0.4 is 0 Å². The van der Waals surface area contributed by atoms with Crippen molar-refractivity contribution in [3.8, 4) is 32.7 Å². The summed E-state index contributed by atoms with van der Waals surface area (Å²) in [4.78, 5) is 9.56. The molecule has 0 aliphatic rings. The molecule has 0 saturated carbocycles. The topological polar surface area (TPSA) is 25.8 Å². The third kappa shape index (κ3) is 2.90. The molecule has 4 aromatic rings. The summed E-state index contributed by atoms with van der Waals surface area (Å²) in [6.45, 7) is 0. The third-order valence-corrected chi connectivity index (χ3v) is 5.42. The zero-order valence-corrected chi connectivity index (χ0v) is 15.1. The lowest BCUT2D eigenvalue weighted by atomic mass is 9.96. The van der Waals surface area contributed by atoms with Gasteiger partial charge in [-0.25, -0.2) is 0 Å². The molecule has 1 aromatic carbocycles. The molecule has 0 aliphatic heterocycles. The Morgan fingerprint density at radius 1 is 0.667 bits per heavy atom. The van der Waals surface area contributed by atoms with Crippen molar-refractivity contribution < 1.29 is 0 Å². The molecule has 2 nitrogen and oxygen atoms in total. The van der Waals surface area contributed by atoms with Gasteiger partial charge in [0.25, 0.3) is 0 Å². The van der Waals surface area contributed by atoms with E-state index >= 15 is 0 Å². The molecule has 0 radical (unpaired) electrons. The zero-order chi connectivity index (χ0) is 16.4. The Hall–Kier alpha value is -2.30. The first-order valence-corrected chi connectivity index (χ1v) is 9.18. The van der Waals surface area contributed by atoms with Gasteiger partial charge in [-0.05, 0) is 58.5 Å². The average Bonchev–Trinajstić information content (AvgIpc) is 3.09. The molecule has 24 heavy (non-hydrogen) atoms. The summed E-state index contributed by atoms with van der Waals surface area (Å²) in [7, 11) is 0. The van der Waals surface area contributed by atoms with Crippen LogP contribution in [0.2, 0.25) is 0 Å². The predicted molar refractivity (Wildman–Crippen MR) is 104 cm³/mol. The lowest BCUT2D eigenvalue weighted by Gasteiger charge is -2.09. The van der Waals surface area contributed by atoms with Gasteiger partial charge < -0.3 is 0 Å². The van der Waals surface area contributed by atoms with Crippen molar-refractivity contribution in [2.45, 2.75) is 0 Å². The van der Waals surface area contributed by atoms with Gasteiger partial charge in [-0.15, -0.1) is 11.3 Å². The minimum atomic E-state index is 1.09. The summed E-state index contributed by atoms with van der Waals surface area (Å²) < 4.78 is 1.09. The van der Waals surface area contributed by atoms with E-state index in [1.807, 2.05) is 24.8 Å². The summed E-state index contributed by atoms with van der Waals surface area (Å²) >= 11 is 5.28. The molecular weight excluding hydrogens is 380 g/mol. The van der Waals surface area contributed by atoms with Crippen LogP contribution in [-0.2, 0) is 0 Å². The first-order valence-electron chi connectivity index (χ1n) is 7.51. The van der Waals surface area contributed by atoms with Crippen LogP contribution in [0, 0.1) is 0 Å². The van der Waals surface area contributed by atoms with Gasteiger partial charge in [0.05, 0.1) is 0 Å². The highest BCUT2D eigenvalue weighted by Gasteiger charge is 2.16. The molecular formula is C20H13BrN2S. The van der Waals surface area contributed by atoms with E-state index in [4.69, 9.17) is 0 Å².